The summed E-state index contributed by atoms with van der Waals surface area (Å²) in [6.45, 7) is 3.98. The summed E-state index contributed by atoms with van der Waals surface area (Å²) >= 11 is 1.64. The molecule has 2 unspecified atom stereocenters. The highest BCUT2D eigenvalue weighted by molar-refractivity contribution is 7.10. The molecule has 5 nitrogen and oxygen atoms in total. The number of aliphatic hydroxyl groups excluding tert-OH is 1. The Morgan fingerprint density at radius 2 is 2.41 bits per heavy atom. The lowest BCUT2D eigenvalue weighted by Gasteiger charge is -2.26. The van der Waals surface area contributed by atoms with E-state index in [1.54, 1.807) is 11.3 Å². The first-order chi connectivity index (χ1) is 10.7. The van der Waals surface area contributed by atoms with Crippen molar-refractivity contribution < 1.29 is 9.52 Å². The Balaban J connectivity index is 1.46. The third-order valence-electron chi connectivity index (χ3n) is 4.27. The summed E-state index contributed by atoms with van der Waals surface area (Å²) in [5.41, 5.74) is 0. The van der Waals surface area contributed by atoms with Gasteiger partial charge in [0.2, 0.25) is 11.8 Å². The van der Waals surface area contributed by atoms with Crippen molar-refractivity contribution in [3.63, 3.8) is 0 Å². The Morgan fingerprint density at radius 3 is 3.14 bits per heavy atom. The molecule has 2 aromatic rings. The molecule has 0 radical (unpaired) electrons. The Hall–Kier alpha value is -1.24. The predicted molar refractivity (Wildman–Crippen MR) is 85.8 cm³/mol. The third-order valence-corrected chi connectivity index (χ3v) is 5.24. The lowest BCUT2D eigenvalue weighted by Crippen LogP contribution is -2.31. The zero-order valence-corrected chi connectivity index (χ0v) is 13.8. The van der Waals surface area contributed by atoms with Gasteiger partial charge in [0.25, 0.3) is 0 Å². The Bertz CT molecular complexity index is 570. The van der Waals surface area contributed by atoms with Gasteiger partial charge in [0.05, 0.1) is 6.10 Å². The third kappa shape index (κ3) is 3.94. The van der Waals surface area contributed by atoms with Crippen LogP contribution in [0.2, 0.25) is 0 Å². The minimum absolute atomic E-state index is 0.329. The summed E-state index contributed by atoms with van der Waals surface area (Å²) in [6.07, 6.45) is 4.76. The molecule has 6 heteroatoms. The smallest absolute Gasteiger partial charge is 0.216 e. The maximum atomic E-state index is 10.3. The first-order valence-electron chi connectivity index (χ1n) is 7.97. The topological polar surface area (TPSA) is 62.4 Å². The molecular weight excluding hydrogens is 298 g/mol. The van der Waals surface area contributed by atoms with Crippen LogP contribution in [0, 0.1) is 6.92 Å². The Morgan fingerprint density at radius 1 is 1.50 bits per heavy atom. The molecule has 3 rings (SSSR count). The molecule has 0 aromatic carbocycles. The summed E-state index contributed by atoms with van der Waals surface area (Å²) in [7, 11) is 0. The predicted octanol–water partition coefficient (Wildman–Crippen LogP) is 2.96. The molecule has 0 saturated carbocycles. The minimum atomic E-state index is -0.329. The summed E-state index contributed by atoms with van der Waals surface area (Å²) in [5.74, 6) is 1.36. The van der Waals surface area contributed by atoms with Crippen molar-refractivity contribution in [2.45, 2.75) is 51.2 Å². The maximum absolute atomic E-state index is 10.3. The average molecular weight is 321 g/mol. The minimum Gasteiger partial charge on any atom is -0.426 e. The highest BCUT2D eigenvalue weighted by Crippen LogP contribution is 2.29. The largest absolute Gasteiger partial charge is 0.426 e. The van der Waals surface area contributed by atoms with E-state index in [1.807, 2.05) is 24.4 Å². The van der Waals surface area contributed by atoms with E-state index >= 15 is 0 Å². The van der Waals surface area contributed by atoms with Gasteiger partial charge < -0.3 is 14.4 Å². The van der Waals surface area contributed by atoms with E-state index < -0.39 is 0 Å². The van der Waals surface area contributed by atoms with Gasteiger partial charge in [-0.2, -0.15) is 0 Å². The second-order valence-corrected chi connectivity index (χ2v) is 6.90. The van der Waals surface area contributed by atoms with E-state index in [0.717, 1.165) is 43.1 Å². The SMILES string of the molecule is Cc1nnc(CCCN2CCCC2CC(O)c2cccs2)o1. The number of rotatable bonds is 7. The second-order valence-electron chi connectivity index (χ2n) is 5.92. The fourth-order valence-corrected chi connectivity index (χ4v) is 3.91. The molecule has 22 heavy (non-hydrogen) atoms. The second kappa shape index (κ2) is 7.35. The van der Waals surface area contributed by atoms with E-state index in [2.05, 4.69) is 15.1 Å². The summed E-state index contributed by atoms with van der Waals surface area (Å²) in [6, 6.07) is 4.51. The van der Waals surface area contributed by atoms with E-state index in [9.17, 15) is 5.11 Å². The van der Waals surface area contributed by atoms with Crippen molar-refractivity contribution in [3.8, 4) is 0 Å². The van der Waals surface area contributed by atoms with Crippen LogP contribution >= 0.6 is 11.3 Å². The molecule has 0 bridgehead atoms. The van der Waals surface area contributed by atoms with Gasteiger partial charge in [-0.1, -0.05) is 6.07 Å². The maximum Gasteiger partial charge on any atom is 0.216 e. The van der Waals surface area contributed by atoms with Crippen LogP contribution < -0.4 is 0 Å². The lowest BCUT2D eigenvalue weighted by atomic mass is 10.1. The van der Waals surface area contributed by atoms with E-state index in [4.69, 9.17) is 4.42 Å². The van der Waals surface area contributed by atoms with Crippen LogP contribution in [0.25, 0.3) is 0 Å². The quantitative estimate of drug-likeness (QED) is 0.849. The van der Waals surface area contributed by atoms with Crippen LogP contribution in [-0.2, 0) is 6.42 Å². The van der Waals surface area contributed by atoms with Gasteiger partial charge in [-0.25, -0.2) is 0 Å². The number of hydrogen-bond donors (Lipinski definition) is 1. The van der Waals surface area contributed by atoms with Crippen LogP contribution in [0.3, 0.4) is 0 Å². The van der Waals surface area contributed by atoms with Crippen LogP contribution in [-0.4, -0.2) is 39.3 Å². The first-order valence-corrected chi connectivity index (χ1v) is 8.85. The molecule has 2 atom stereocenters. The van der Waals surface area contributed by atoms with Gasteiger partial charge in [0.1, 0.15) is 0 Å². The van der Waals surface area contributed by atoms with Crippen molar-refractivity contribution in [2.75, 3.05) is 13.1 Å². The van der Waals surface area contributed by atoms with Crippen LogP contribution in [0.15, 0.2) is 21.9 Å². The number of hydrogen-bond acceptors (Lipinski definition) is 6. The van der Waals surface area contributed by atoms with Gasteiger partial charge in [-0.05, 0) is 50.2 Å². The molecule has 3 heterocycles. The molecule has 2 aromatic heterocycles. The molecule has 1 saturated heterocycles. The van der Waals surface area contributed by atoms with Crippen molar-refractivity contribution >= 4 is 11.3 Å². The Kier molecular flexibility index (Phi) is 5.23. The number of aliphatic hydroxyl groups is 1. The molecule has 1 aliphatic heterocycles. The van der Waals surface area contributed by atoms with Gasteiger partial charge in [-0.3, -0.25) is 0 Å². The fraction of sp³-hybridized carbons (Fsp3) is 0.625. The van der Waals surface area contributed by atoms with Crippen molar-refractivity contribution in [1.29, 1.82) is 0 Å². The number of aryl methyl sites for hydroxylation is 2. The zero-order chi connectivity index (χ0) is 15.4. The van der Waals surface area contributed by atoms with Gasteiger partial charge in [-0.15, -0.1) is 21.5 Å². The molecule has 1 fully saturated rings. The fourth-order valence-electron chi connectivity index (χ4n) is 3.18. The van der Waals surface area contributed by atoms with Gasteiger partial charge in [0, 0.05) is 24.3 Å². The number of aromatic nitrogens is 2. The summed E-state index contributed by atoms with van der Waals surface area (Å²) in [4.78, 5) is 3.58. The van der Waals surface area contributed by atoms with E-state index in [0.29, 0.717) is 11.9 Å². The lowest BCUT2D eigenvalue weighted by molar-refractivity contribution is 0.122. The Labute approximate surface area is 135 Å². The average Bonchev–Trinajstić information content (AvgIpc) is 3.22. The number of likely N-dealkylation sites (tertiary alicyclic amines) is 1. The highest BCUT2D eigenvalue weighted by Gasteiger charge is 2.27. The van der Waals surface area contributed by atoms with Crippen molar-refractivity contribution in [1.82, 2.24) is 15.1 Å². The highest BCUT2D eigenvalue weighted by atomic mass is 32.1. The summed E-state index contributed by atoms with van der Waals surface area (Å²) in [5, 5.41) is 20.3. The zero-order valence-electron chi connectivity index (χ0n) is 12.9. The van der Waals surface area contributed by atoms with Crippen LogP contribution in [0.4, 0.5) is 0 Å². The standard InChI is InChI=1S/C16H23N3O2S/c1-12-17-18-16(21-12)7-3-9-19-8-2-5-13(19)11-14(20)15-6-4-10-22-15/h4,6,10,13-14,20H,2-3,5,7-9,11H2,1H3. The normalized spacial score (nSPS) is 20.5. The number of nitrogens with zero attached hydrogens (tertiary/aromatic N) is 3. The van der Waals surface area contributed by atoms with Gasteiger partial charge >= 0.3 is 0 Å². The number of thiophene rings is 1. The summed E-state index contributed by atoms with van der Waals surface area (Å²) < 4.78 is 5.41. The molecule has 0 spiro atoms. The van der Waals surface area contributed by atoms with Crippen LogP contribution in [0.1, 0.15) is 48.4 Å². The van der Waals surface area contributed by atoms with Gasteiger partial charge in [0.15, 0.2) is 0 Å². The first kappa shape index (κ1) is 15.6. The molecule has 0 amide bonds. The van der Waals surface area contributed by atoms with E-state index in [1.165, 1.54) is 12.8 Å². The van der Waals surface area contributed by atoms with Crippen molar-refractivity contribution in [3.05, 3.63) is 34.2 Å². The molecule has 0 aliphatic carbocycles. The van der Waals surface area contributed by atoms with Crippen molar-refractivity contribution in [2.24, 2.45) is 0 Å². The molecular formula is C16H23N3O2S. The molecule has 1 N–H and O–H groups in total. The monoisotopic (exact) mass is 321 g/mol. The molecule has 1 aliphatic rings. The molecule has 120 valence electrons. The van der Waals surface area contributed by atoms with E-state index in [-0.39, 0.29) is 6.10 Å². The van der Waals surface area contributed by atoms with Crippen LogP contribution in [0.5, 0.6) is 0 Å².